The maximum absolute atomic E-state index is 12.4. The maximum atomic E-state index is 12.4. The summed E-state index contributed by atoms with van der Waals surface area (Å²) >= 11 is 0. The van der Waals surface area contributed by atoms with Crippen LogP contribution in [0.4, 0.5) is 29.5 Å². The van der Waals surface area contributed by atoms with Gasteiger partial charge in [0.15, 0.2) is 0 Å². The fourth-order valence-corrected chi connectivity index (χ4v) is 2.72. The summed E-state index contributed by atoms with van der Waals surface area (Å²) in [6.45, 7) is 0.953. The number of halogens is 3. The minimum atomic E-state index is -4.29. The number of aromatic nitrogens is 2. The van der Waals surface area contributed by atoms with Crippen LogP contribution in [0.5, 0.6) is 0 Å². The molecule has 0 spiro atoms. The summed E-state index contributed by atoms with van der Waals surface area (Å²) in [6, 6.07) is 5.00. The van der Waals surface area contributed by atoms with Crippen LogP contribution >= 0.6 is 0 Å². The van der Waals surface area contributed by atoms with E-state index in [4.69, 9.17) is 5.73 Å². The Hall–Kier alpha value is -3.35. The summed E-state index contributed by atoms with van der Waals surface area (Å²) < 4.78 is 41.6. The molecule has 0 bridgehead atoms. The lowest BCUT2D eigenvalue weighted by Gasteiger charge is -2.21. The first kappa shape index (κ1) is 20.4. The second kappa shape index (κ2) is 8.34. The van der Waals surface area contributed by atoms with Crippen molar-refractivity contribution < 1.29 is 27.4 Å². The summed E-state index contributed by atoms with van der Waals surface area (Å²) in [5.41, 5.74) is 8.72. The molecule has 0 aliphatic carbocycles. The first-order valence-electron chi connectivity index (χ1n) is 8.58. The third-order valence-electron chi connectivity index (χ3n) is 4.14. The molecule has 3 rings (SSSR count). The van der Waals surface area contributed by atoms with Crippen LogP contribution in [0.2, 0.25) is 0 Å². The quantitative estimate of drug-likeness (QED) is 0.691. The van der Waals surface area contributed by atoms with E-state index in [2.05, 4.69) is 25.7 Å². The van der Waals surface area contributed by atoms with Crippen molar-refractivity contribution in [1.29, 1.82) is 0 Å². The van der Waals surface area contributed by atoms with Crippen molar-refractivity contribution in [2.45, 2.75) is 12.6 Å². The number of hydrogen-bond acceptors (Lipinski definition) is 7. The second-order valence-electron chi connectivity index (χ2n) is 6.27. The lowest BCUT2D eigenvalue weighted by Crippen LogP contribution is -2.44. The zero-order valence-electron chi connectivity index (χ0n) is 15.1. The highest BCUT2D eigenvalue weighted by molar-refractivity contribution is 5.96. The Morgan fingerprint density at radius 2 is 1.90 bits per heavy atom. The number of nitrogens with two attached hydrogens (primary N) is 1. The van der Waals surface area contributed by atoms with Crippen molar-refractivity contribution >= 4 is 23.4 Å². The minimum Gasteiger partial charge on any atom is -0.379 e. The summed E-state index contributed by atoms with van der Waals surface area (Å²) in [7, 11) is 0. The average molecular weight is 413 g/mol. The molecule has 10 nitrogen and oxygen atoms in total. The SMILES string of the molecule is Nc1nonc1C(=O)N1CCN(C(=O)Nc2ccc(CC(F)(F)F)cc2)CCN1. The molecule has 4 N–H and O–H groups in total. The lowest BCUT2D eigenvalue weighted by atomic mass is 10.1. The molecule has 1 aromatic carbocycles. The Labute approximate surface area is 162 Å². The Morgan fingerprint density at radius 3 is 2.52 bits per heavy atom. The van der Waals surface area contributed by atoms with Crippen molar-refractivity contribution in [2.24, 2.45) is 0 Å². The number of rotatable bonds is 3. The fraction of sp³-hybridized carbons (Fsp3) is 0.375. The van der Waals surface area contributed by atoms with Crippen LogP contribution in [0, 0.1) is 0 Å². The van der Waals surface area contributed by atoms with Gasteiger partial charge in [-0.2, -0.15) is 13.2 Å². The fourth-order valence-electron chi connectivity index (χ4n) is 2.72. The molecule has 29 heavy (non-hydrogen) atoms. The predicted molar refractivity (Wildman–Crippen MR) is 94.5 cm³/mol. The van der Waals surface area contributed by atoms with E-state index in [-0.39, 0.29) is 36.7 Å². The van der Waals surface area contributed by atoms with Gasteiger partial charge in [0, 0.05) is 25.3 Å². The largest absolute Gasteiger partial charge is 0.393 e. The van der Waals surface area contributed by atoms with Gasteiger partial charge >= 0.3 is 12.2 Å². The summed E-state index contributed by atoms with van der Waals surface area (Å²) in [5, 5.41) is 10.7. The van der Waals surface area contributed by atoms with Crippen LogP contribution in [-0.2, 0) is 6.42 Å². The highest BCUT2D eigenvalue weighted by Crippen LogP contribution is 2.22. The number of hydrazine groups is 1. The number of nitrogen functional groups attached to an aromatic ring is 1. The Kier molecular flexibility index (Phi) is 5.87. The van der Waals surface area contributed by atoms with Gasteiger partial charge in [0.2, 0.25) is 11.5 Å². The van der Waals surface area contributed by atoms with E-state index in [0.717, 1.165) is 0 Å². The number of amides is 3. The third kappa shape index (κ3) is 5.34. The highest BCUT2D eigenvalue weighted by atomic mass is 19.4. The van der Waals surface area contributed by atoms with Crippen molar-refractivity contribution in [3.63, 3.8) is 0 Å². The number of anilines is 2. The molecule has 156 valence electrons. The van der Waals surface area contributed by atoms with Crippen LogP contribution in [0.25, 0.3) is 0 Å². The maximum Gasteiger partial charge on any atom is 0.393 e. The monoisotopic (exact) mass is 413 g/mol. The number of benzene rings is 1. The number of nitrogens with one attached hydrogen (secondary N) is 2. The number of urea groups is 1. The van der Waals surface area contributed by atoms with Crippen LogP contribution in [0.1, 0.15) is 16.1 Å². The smallest absolute Gasteiger partial charge is 0.379 e. The van der Waals surface area contributed by atoms with Crippen LogP contribution in [-0.4, -0.2) is 64.5 Å². The molecule has 1 aliphatic heterocycles. The van der Waals surface area contributed by atoms with E-state index in [1.807, 2.05) is 0 Å². The molecule has 0 saturated carbocycles. The van der Waals surface area contributed by atoms with Gasteiger partial charge in [0.25, 0.3) is 5.91 Å². The molecule has 1 aliphatic rings. The molecular weight excluding hydrogens is 395 g/mol. The molecule has 0 unspecified atom stereocenters. The minimum absolute atomic E-state index is 0.102. The molecule has 1 aromatic heterocycles. The van der Waals surface area contributed by atoms with Gasteiger partial charge in [-0.25, -0.2) is 14.8 Å². The first-order chi connectivity index (χ1) is 13.7. The Morgan fingerprint density at radius 1 is 1.17 bits per heavy atom. The molecule has 0 radical (unpaired) electrons. The molecule has 0 atom stereocenters. The van der Waals surface area contributed by atoms with Crippen LogP contribution < -0.4 is 16.5 Å². The molecule has 1 saturated heterocycles. The van der Waals surface area contributed by atoms with E-state index in [1.165, 1.54) is 34.2 Å². The van der Waals surface area contributed by atoms with E-state index in [9.17, 15) is 22.8 Å². The first-order valence-corrected chi connectivity index (χ1v) is 8.58. The molecule has 1 fully saturated rings. The van der Waals surface area contributed by atoms with Crippen LogP contribution in [0.3, 0.4) is 0 Å². The van der Waals surface area contributed by atoms with E-state index in [0.29, 0.717) is 12.2 Å². The van der Waals surface area contributed by atoms with Gasteiger partial charge in [-0.15, -0.1) is 0 Å². The van der Waals surface area contributed by atoms with Crippen molar-refractivity contribution in [1.82, 2.24) is 25.6 Å². The zero-order chi connectivity index (χ0) is 21.0. The average Bonchev–Trinajstić information content (AvgIpc) is 2.93. The normalized spacial score (nSPS) is 15.1. The van der Waals surface area contributed by atoms with E-state index >= 15 is 0 Å². The summed E-state index contributed by atoms with van der Waals surface area (Å²) in [4.78, 5) is 26.3. The van der Waals surface area contributed by atoms with Crippen molar-refractivity contribution in [3.8, 4) is 0 Å². The predicted octanol–water partition coefficient (Wildman–Crippen LogP) is 1.25. The zero-order valence-corrected chi connectivity index (χ0v) is 15.1. The number of nitrogens with zero attached hydrogens (tertiary/aromatic N) is 4. The third-order valence-corrected chi connectivity index (χ3v) is 4.14. The lowest BCUT2D eigenvalue weighted by molar-refractivity contribution is -0.127. The van der Waals surface area contributed by atoms with Gasteiger partial charge in [0.1, 0.15) is 0 Å². The van der Waals surface area contributed by atoms with Crippen molar-refractivity contribution in [3.05, 3.63) is 35.5 Å². The summed E-state index contributed by atoms with van der Waals surface area (Å²) in [5.74, 6) is -0.670. The molecule has 2 aromatic rings. The molecule has 2 heterocycles. The molecular formula is C16H18F3N7O3. The number of alkyl halides is 3. The highest BCUT2D eigenvalue weighted by Gasteiger charge is 2.28. The van der Waals surface area contributed by atoms with Gasteiger partial charge in [-0.05, 0) is 28.0 Å². The van der Waals surface area contributed by atoms with Gasteiger partial charge < -0.3 is 16.0 Å². The van der Waals surface area contributed by atoms with Gasteiger partial charge in [-0.3, -0.25) is 9.80 Å². The molecule has 13 heteroatoms. The second-order valence-corrected chi connectivity index (χ2v) is 6.27. The molecule has 3 amide bonds. The van der Waals surface area contributed by atoms with Gasteiger partial charge in [-0.1, -0.05) is 12.1 Å². The topological polar surface area (TPSA) is 130 Å². The standard InChI is InChI=1S/C16H18F3N7O3/c17-16(18,19)9-10-1-3-11(4-2-10)22-15(28)25-6-5-21-26(8-7-25)14(27)12-13(20)24-29-23-12/h1-4,21H,5-9H2,(H2,20,24)(H,22,28). The Balaban J connectivity index is 1.55. The number of carbonyl (C=O) groups excluding carboxylic acids is 2. The van der Waals surface area contributed by atoms with Crippen LogP contribution in [0.15, 0.2) is 28.9 Å². The Bertz CT molecular complexity index is 869. The summed E-state index contributed by atoms with van der Waals surface area (Å²) in [6.07, 6.45) is -5.33. The van der Waals surface area contributed by atoms with E-state index in [1.54, 1.807) is 0 Å². The van der Waals surface area contributed by atoms with Crippen molar-refractivity contribution in [2.75, 3.05) is 37.2 Å². The number of hydrogen-bond donors (Lipinski definition) is 3. The van der Waals surface area contributed by atoms with E-state index < -0.39 is 24.5 Å². The number of carbonyl (C=O) groups is 2. The van der Waals surface area contributed by atoms with Gasteiger partial charge in [0.05, 0.1) is 13.0 Å².